The largest absolute Gasteiger partial charge is 0.384 e. The lowest BCUT2D eigenvalue weighted by atomic mass is 10.1. The van der Waals surface area contributed by atoms with E-state index in [0.717, 1.165) is 10.1 Å². The number of carbonyl (C=O) groups is 1. The Labute approximate surface area is 200 Å². The summed E-state index contributed by atoms with van der Waals surface area (Å²) >= 11 is 6.36. The molecular formula is C24H23ClN6O3. The monoisotopic (exact) mass is 478 g/mol. The molecule has 0 amide bonds. The van der Waals surface area contributed by atoms with Crippen LogP contribution < -0.4 is 22.3 Å². The van der Waals surface area contributed by atoms with Gasteiger partial charge in [0.25, 0.3) is 5.56 Å². The number of ketones is 1. The number of Topliss-reactive ketones (excluding diaryl/α,β-unsaturated/α-hetero) is 1. The number of carbonyl (C=O) groups excluding carboxylic acids is 1. The van der Waals surface area contributed by atoms with Gasteiger partial charge in [-0.25, -0.2) is 9.48 Å². The molecule has 2 aromatic heterocycles. The molecular weight excluding hydrogens is 456 g/mol. The Morgan fingerprint density at radius 1 is 1.09 bits per heavy atom. The minimum Gasteiger partial charge on any atom is -0.384 e. The molecule has 174 valence electrons. The molecule has 4 rings (SSSR count). The minimum absolute atomic E-state index is 0.116. The smallest absolute Gasteiger partial charge is 0.332 e. The average molecular weight is 479 g/mol. The van der Waals surface area contributed by atoms with Gasteiger partial charge in [-0.2, -0.15) is 5.10 Å². The maximum absolute atomic E-state index is 13.1. The first kappa shape index (κ1) is 23.1. The third kappa shape index (κ3) is 4.51. The molecule has 0 saturated heterocycles. The van der Waals surface area contributed by atoms with Crippen molar-refractivity contribution in [2.75, 3.05) is 17.6 Å². The molecule has 0 aliphatic heterocycles. The summed E-state index contributed by atoms with van der Waals surface area (Å²) in [7, 11) is 0. The molecule has 0 spiro atoms. The number of hydrogen-bond acceptors (Lipinski definition) is 6. The van der Waals surface area contributed by atoms with E-state index in [1.54, 1.807) is 48.3 Å². The number of nitrogens with zero attached hydrogens (tertiary/aromatic N) is 4. The highest BCUT2D eigenvalue weighted by molar-refractivity contribution is 6.32. The van der Waals surface area contributed by atoms with Crippen molar-refractivity contribution in [2.45, 2.75) is 20.0 Å². The molecule has 2 aromatic carbocycles. The maximum atomic E-state index is 13.1. The zero-order valence-electron chi connectivity index (χ0n) is 18.4. The third-order valence-corrected chi connectivity index (χ3v) is 5.70. The van der Waals surface area contributed by atoms with Crippen molar-refractivity contribution in [1.82, 2.24) is 18.9 Å². The summed E-state index contributed by atoms with van der Waals surface area (Å²) in [5, 5.41) is 7.56. The molecule has 10 heteroatoms. The first-order chi connectivity index (χ1) is 16.4. The van der Waals surface area contributed by atoms with E-state index in [9.17, 15) is 14.4 Å². The molecule has 0 saturated carbocycles. The van der Waals surface area contributed by atoms with Gasteiger partial charge >= 0.3 is 5.69 Å². The van der Waals surface area contributed by atoms with E-state index in [0.29, 0.717) is 16.4 Å². The number of benzene rings is 2. The van der Waals surface area contributed by atoms with Gasteiger partial charge < -0.3 is 11.1 Å². The van der Waals surface area contributed by atoms with Crippen LogP contribution in [0.3, 0.4) is 0 Å². The van der Waals surface area contributed by atoms with Crippen LogP contribution in [0.25, 0.3) is 5.69 Å². The molecule has 0 bridgehead atoms. The Kier molecular flexibility index (Phi) is 6.65. The van der Waals surface area contributed by atoms with Crippen LogP contribution in [0.15, 0.2) is 76.6 Å². The van der Waals surface area contributed by atoms with Crippen LogP contribution in [0.2, 0.25) is 5.02 Å². The van der Waals surface area contributed by atoms with Gasteiger partial charge in [0, 0.05) is 24.6 Å². The van der Waals surface area contributed by atoms with Gasteiger partial charge in [0.1, 0.15) is 11.4 Å². The second kappa shape index (κ2) is 9.80. The number of hydrogen-bond donors (Lipinski definition) is 2. The molecule has 0 aliphatic carbocycles. The lowest BCUT2D eigenvalue weighted by Crippen LogP contribution is -2.44. The van der Waals surface area contributed by atoms with Crippen LogP contribution in [0.4, 0.5) is 11.5 Å². The molecule has 0 radical (unpaired) electrons. The summed E-state index contributed by atoms with van der Waals surface area (Å²) in [6, 6.07) is 16.2. The summed E-state index contributed by atoms with van der Waals surface area (Å²) in [4.78, 5) is 38.8. The molecule has 9 nitrogen and oxygen atoms in total. The summed E-state index contributed by atoms with van der Waals surface area (Å²) < 4.78 is 3.90. The van der Waals surface area contributed by atoms with E-state index in [-0.39, 0.29) is 31.0 Å². The Morgan fingerprint density at radius 3 is 2.50 bits per heavy atom. The van der Waals surface area contributed by atoms with Crippen molar-refractivity contribution < 1.29 is 4.79 Å². The van der Waals surface area contributed by atoms with Crippen LogP contribution in [0.5, 0.6) is 0 Å². The van der Waals surface area contributed by atoms with Crippen molar-refractivity contribution in [3.8, 4) is 5.69 Å². The number of nitrogen functional groups attached to an aromatic ring is 1. The van der Waals surface area contributed by atoms with Gasteiger partial charge in [-0.15, -0.1) is 0 Å². The highest BCUT2D eigenvalue weighted by Gasteiger charge is 2.22. The van der Waals surface area contributed by atoms with E-state index in [1.807, 2.05) is 30.3 Å². The predicted molar refractivity (Wildman–Crippen MR) is 132 cm³/mol. The number of nitrogens with two attached hydrogens (primary N) is 1. The zero-order valence-corrected chi connectivity index (χ0v) is 19.2. The normalized spacial score (nSPS) is 10.9. The Hall–Kier alpha value is -4.11. The van der Waals surface area contributed by atoms with Crippen molar-refractivity contribution >= 4 is 28.9 Å². The molecule has 0 fully saturated rings. The molecule has 4 aromatic rings. The quantitative estimate of drug-likeness (QED) is 0.376. The molecule has 3 N–H and O–H groups in total. The third-order valence-electron chi connectivity index (χ3n) is 5.40. The fraction of sp³-hybridized carbons (Fsp3) is 0.167. The lowest BCUT2D eigenvalue weighted by molar-refractivity contribution is 0.100. The average Bonchev–Trinajstić information content (AvgIpc) is 3.36. The van der Waals surface area contributed by atoms with Gasteiger partial charge in [-0.05, 0) is 36.8 Å². The van der Waals surface area contributed by atoms with Crippen LogP contribution in [-0.4, -0.2) is 31.2 Å². The molecule has 0 aliphatic rings. The van der Waals surface area contributed by atoms with Crippen LogP contribution in [-0.2, 0) is 13.1 Å². The summed E-state index contributed by atoms with van der Waals surface area (Å²) in [6.45, 7) is 1.72. The van der Waals surface area contributed by atoms with Crippen LogP contribution in [0, 0.1) is 0 Å². The topological polar surface area (TPSA) is 117 Å². The highest BCUT2D eigenvalue weighted by Crippen LogP contribution is 2.24. The zero-order chi connectivity index (χ0) is 24.2. The molecule has 34 heavy (non-hydrogen) atoms. The minimum atomic E-state index is -0.701. The summed E-state index contributed by atoms with van der Waals surface area (Å²) in [5.74, 6) is -0.679. The van der Waals surface area contributed by atoms with E-state index in [2.05, 4.69) is 10.4 Å². The first-order valence-electron chi connectivity index (χ1n) is 10.6. The van der Waals surface area contributed by atoms with Gasteiger partial charge in [-0.1, -0.05) is 41.9 Å². The lowest BCUT2D eigenvalue weighted by Gasteiger charge is -2.16. The van der Waals surface area contributed by atoms with Crippen molar-refractivity contribution in [3.63, 3.8) is 0 Å². The van der Waals surface area contributed by atoms with Gasteiger partial charge in [0.15, 0.2) is 5.78 Å². The number of rotatable bonds is 8. The van der Waals surface area contributed by atoms with Gasteiger partial charge in [-0.3, -0.25) is 18.7 Å². The fourth-order valence-electron chi connectivity index (χ4n) is 3.66. The highest BCUT2D eigenvalue weighted by atomic mass is 35.5. The molecule has 0 atom stereocenters. The Bertz CT molecular complexity index is 1440. The number of anilines is 2. The second-order valence-corrected chi connectivity index (χ2v) is 7.96. The standard InChI is InChI=1S/C24H23ClN6O3/c1-2-29-23(33)21(22(26)30(24(29)34)15-16-7-4-3-5-8-16)20(32)14-27-17-9-10-19(18(25)13-17)31-12-6-11-28-31/h3-13,27H,2,14-15,26H2,1H3. The molecule has 2 heterocycles. The Balaban J connectivity index is 1.61. The summed E-state index contributed by atoms with van der Waals surface area (Å²) in [6.07, 6.45) is 3.41. The number of halogens is 1. The van der Waals surface area contributed by atoms with E-state index in [4.69, 9.17) is 17.3 Å². The van der Waals surface area contributed by atoms with Gasteiger partial charge in [0.05, 0.1) is 23.8 Å². The summed E-state index contributed by atoms with van der Waals surface area (Å²) in [5.41, 5.74) is 6.81. The van der Waals surface area contributed by atoms with Gasteiger partial charge in [0.2, 0.25) is 0 Å². The SMILES string of the molecule is CCn1c(=O)c(C(=O)CNc2ccc(-n3cccn3)c(Cl)c2)c(N)n(Cc2ccccc2)c1=O. The van der Waals surface area contributed by atoms with Crippen molar-refractivity contribution in [1.29, 1.82) is 0 Å². The van der Waals surface area contributed by atoms with E-state index >= 15 is 0 Å². The van der Waals surface area contributed by atoms with E-state index < -0.39 is 17.0 Å². The number of nitrogens with one attached hydrogen (secondary N) is 1. The first-order valence-corrected chi connectivity index (χ1v) is 11.0. The van der Waals surface area contributed by atoms with Crippen LogP contribution in [0.1, 0.15) is 22.8 Å². The Morgan fingerprint density at radius 2 is 1.85 bits per heavy atom. The number of aromatic nitrogens is 4. The van der Waals surface area contributed by atoms with Crippen molar-refractivity contribution in [2.24, 2.45) is 0 Å². The fourth-order valence-corrected chi connectivity index (χ4v) is 3.93. The predicted octanol–water partition coefficient (Wildman–Crippen LogP) is 2.79. The van der Waals surface area contributed by atoms with Crippen LogP contribution >= 0.6 is 11.6 Å². The van der Waals surface area contributed by atoms with Crippen molar-refractivity contribution in [3.05, 3.63) is 104 Å². The maximum Gasteiger partial charge on any atom is 0.332 e. The van der Waals surface area contributed by atoms with E-state index in [1.165, 1.54) is 4.57 Å². The molecule has 0 unspecified atom stereocenters. The second-order valence-electron chi connectivity index (χ2n) is 7.56.